The first-order chi connectivity index (χ1) is 13.1. The lowest BCUT2D eigenvalue weighted by Gasteiger charge is -2.34. The average molecular weight is 370 g/mol. The van der Waals surface area contributed by atoms with Crippen molar-refractivity contribution < 1.29 is 23.5 Å². The zero-order chi connectivity index (χ0) is 19.0. The van der Waals surface area contributed by atoms with Crippen LogP contribution >= 0.6 is 0 Å². The molecule has 7 heteroatoms. The van der Waals surface area contributed by atoms with Crippen molar-refractivity contribution in [2.75, 3.05) is 7.11 Å². The maximum Gasteiger partial charge on any atom is 0.328 e. The first kappa shape index (κ1) is 17.7. The van der Waals surface area contributed by atoms with E-state index >= 15 is 0 Å². The standard InChI is InChI=1S/C20H22N2O5/c1-26-20(25)16-11-12-5-2-3-6-15(12)22(16)19(24)13-8-9-14(21-18(13)23)17-7-4-10-27-17/h4,7-10,12-13,15-16H,2-3,5-6,11H2,1H3. The number of dihydropyridines is 1. The fourth-order valence-electron chi connectivity index (χ4n) is 4.53. The molecule has 0 bridgehead atoms. The monoisotopic (exact) mass is 370 g/mol. The number of carbonyl (C=O) groups is 3. The van der Waals surface area contributed by atoms with Crippen LogP contribution in [0.15, 0.2) is 40.0 Å². The molecule has 0 radical (unpaired) electrons. The van der Waals surface area contributed by atoms with Crippen LogP contribution in [-0.2, 0) is 19.1 Å². The summed E-state index contributed by atoms with van der Waals surface area (Å²) in [5.74, 6) is -1.54. The summed E-state index contributed by atoms with van der Waals surface area (Å²) in [5, 5.41) is 0. The molecule has 2 amide bonds. The fourth-order valence-corrected chi connectivity index (χ4v) is 4.53. The van der Waals surface area contributed by atoms with Gasteiger partial charge in [0.2, 0.25) is 5.91 Å². The van der Waals surface area contributed by atoms with Crippen molar-refractivity contribution in [3.05, 3.63) is 36.3 Å². The van der Waals surface area contributed by atoms with Crippen LogP contribution in [0.25, 0.3) is 0 Å². The first-order valence-electron chi connectivity index (χ1n) is 9.34. The number of aliphatic imine (C=N–C) groups is 1. The molecule has 4 rings (SSSR count). The molecule has 1 aromatic rings. The number of hydrogen-bond donors (Lipinski definition) is 0. The third-order valence-corrected chi connectivity index (χ3v) is 5.80. The van der Waals surface area contributed by atoms with Gasteiger partial charge in [0.25, 0.3) is 5.91 Å². The minimum absolute atomic E-state index is 0.00741. The molecule has 0 N–H and O–H groups in total. The van der Waals surface area contributed by atoms with E-state index in [1.165, 1.54) is 13.4 Å². The lowest BCUT2D eigenvalue weighted by Crippen LogP contribution is -2.50. The molecule has 2 aliphatic heterocycles. The highest BCUT2D eigenvalue weighted by Crippen LogP contribution is 2.41. The van der Waals surface area contributed by atoms with E-state index in [0.29, 0.717) is 17.9 Å². The number of rotatable bonds is 3. The summed E-state index contributed by atoms with van der Waals surface area (Å²) in [6.07, 6.45) is 9.28. The van der Waals surface area contributed by atoms with E-state index < -0.39 is 23.8 Å². The lowest BCUT2D eigenvalue weighted by atomic mass is 9.84. The molecule has 1 aliphatic carbocycles. The topological polar surface area (TPSA) is 89.2 Å². The molecule has 3 aliphatic rings. The number of hydrogen-bond acceptors (Lipinski definition) is 5. The quantitative estimate of drug-likeness (QED) is 0.601. The number of likely N-dealkylation sites (tertiary alicyclic amines) is 1. The van der Waals surface area contributed by atoms with E-state index in [2.05, 4.69) is 4.99 Å². The molecule has 7 nitrogen and oxygen atoms in total. The Morgan fingerprint density at radius 1 is 1.30 bits per heavy atom. The number of amides is 2. The number of nitrogens with zero attached hydrogens (tertiary/aromatic N) is 2. The van der Waals surface area contributed by atoms with Crippen molar-refractivity contribution in [2.45, 2.75) is 44.2 Å². The van der Waals surface area contributed by atoms with Crippen LogP contribution in [0.3, 0.4) is 0 Å². The van der Waals surface area contributed by atoms with Crippen LogP contribution in [0, 0.1) is 11.8 Å². The SMILES string of the molecule is COC(=O)C1CC2CCCCC2N1C(=O)C1C=CC(c2ccco2)=NC1=O. The Morgan fingerprint density at radius 2 is 2.11 bits per heavy atom. The number of ether oxygens (including phenoxy) is 1. The van der Waals surface area contributed by atoms with Gasteiger partial charge in [-0.1, -0.05) is 18.9 Å². The fraction of sp³-hybridized carbons (Fsp3) is 0.500. The van der Waals surface area contributed by atoms with Gasteiger partial charge in [0.15, 0.2) is 5.76 Å². The van der Waals surface area contributed by atoms with Crippen molar-refractivity contribution in [1.82, 2.24) is 4.90 Å². The third-order valence-electron chi connectivity index (χ3n) is 5.80. The summed E-state index contributed by atoms with van der Waals surface area (Å²) >= 11 is 0. The maximum absolute atomic E-state index is 13.2. The normalized spacial score (nSPS) is 30.0. The molecule has 4 unspecified atom stereocenters. The molecule has 2 fully saturated rings. The number of carbonyl (C=O) groups excluding carboxylic acids is 3. The third kappa shape index (κ3) is 3.11. The lowest BCUT2D eigenvalue weighted by molar-refractivity contribution is -0.154. The molecular weight excluding hydrogens is 348 g/mol. The van der Waals surface area contributed by atoms with Gasteiger partial charge in [-0.05, 0) is 43.4 Å². The average Bonchev–Trinajstić information content (AvgIpc) is 3.34. The van der Waals surface area contributed by atoms with Gasteiger partial charge in [0.05, 0.1) is 13.4 Å². The van der Waals surface area contributed by atoms with E-state index in [9.17, 15) is 14.4 Å². The highest BCUT2D eigenvalue weighted by Gasteiger charge is 2.50. The largest absolute Gasteiger partial charge is 0.467 e. The Morgan fingerprint density at radius 3 is 2.81 bits per heavy atom. The summed E-state index contributed by atoms with van der Waals surface area (Å²) in [4.78, 5) is 43.7. The molecule has 142 valence electrons. The summed E-state index contributed by atoms with van der Waals surface area (Å²) in [5.41, 5.74) is 0.399. The number of methoxy groups -OCH3 is 1. The Hall–Kier alpha value is -2.70. The van der Waals surface area contributed by atoms with Crippen LogP contribution in [0.4, 0.5) is 0 Å². The summed E-state index contributed by atoms with van der Waals surface area (Å²) < 4.78 is 10.2. The van der Waals surface area contributed by atoms with Gasteiger partial charge >= 0.3 is 5.97 Å². The van der Waals surface area contributed by atoms with Crippen molar-refractivity contribution in [1.29, 1.82) is 0 Å². The van der Waals surface area contributed by atoms with Gasteiger partial charge < -0.3 is 14.1 Å². The van der Waals surface area contributed by atoms with Gasteiger partial charge in [-0.3, -0.25) is 9.59 Å². The number of furan rings is 1. The van der Waals surface area contributed by atoms with Crippen molar-refractivity contribution in [2.24, 2.45) is 16.8 Å². The number of allylic oxidation sites excluding steroid dienone is 1. The second kappa shape index (κ2) is 7.13. The van der Waals surface area contributed by atoms with Crippen LogP contribution < -0.4 is 0 Å². The van der Waals surface area contributed by atoms with E-state index in [1.807, 2.05) is 0 Å². The molecule has 4 atom stereocenters. The van der Waals surface area contributed by atoms with Crippen LogP contribution in [0.2, 0.25) is 0 Å². The van der Waals surface area contributed by atoms with Crippen LogP contribution in [-0.4, -0.2) is 47.6 Å². The maximum atomic E-state index is 13.2. The van der Waals surface area contributed by atoms with E-state index in [1.54, 1.807) is 29.2 Å². The van der Waals surface area contributed by atoms with Gasteiger partial charge in [-0.15, -0.1) is 0 Å². The molecular formula is C20H22N2O5. The molecule has 3 heterocycles. The predicted octanol–water partition coefficient (Wildman–Crippen LogP) is 2.11. The van der Waals surface area contributed by atoms with Gasteiger partial charge in [-0.2, -0.15) is 0 Å². The zero-order valence-electron chi connectivity index (χ0n) is 15.2. The van der Waals surface area contributed by atoms with Crippen molar-refractivity contribution in [3.63, 3.8) is 0 Å². The minimum atomic E-state index is -1.00. The van der Waals surface area contributed by atoms with E-state index in [4.69, 9.17) is 9.15 Å². The van der Waals surface area contributed by atoms with Crippen molar-refractivity contribution >= 4 is 23.5 Å². The Bertz CT molecular complexity index is 810. The van der Waals surface area contributed by atoms with E-state index in [0.717, 1.165) is 25.7 Å². The highest BCUT2D eigenvalue weighted by atomic mass is 16.5. The van der Waals surface area contributed by atoms with Gasteiger partial charge in [-0.25, -0.2) is 9.79 Å². The predicted molar refractivity (Wildman–Crippen MR) is 95.9 cm³/mol. The molecule has 1 saturated carbocycles. The minimum Gasteiger partial charge on any atom is -0.467 e. The summed E-state index contributed by atoms with van der Waals surface area (Å²) in [7, 11) is 1.33. The Labute approximate surface area is 157 Å². The number of fused-ring (bicyclic) bond motifs is 1. The second-order valence-corrected chi connectivity index (χ2v) is 7.28. The highest BCUT2D eigenvalue weighted by molar-refractivity contribution is 6.18. The second-order valence-electron chi connectivity index (χ2n) is 7.28. The smallest absolute Gasteiger partial charge is 0.328 e. The Kier molecular flexibility index (Phi) is 4.68. The molecule has 1 aromatic heterocycles. The number of esters is 1. The Balaban J connectivity index is 1.58. The molecule has 0 spiro atoms. The summed E-state index contributed by atoms with van der Waals surface area (Å²) in [6, 6.07) is 2.79. The summed E-state index contributed by atoms with van der Waals surface area (Å²) in [6.45, 7) is 0. The first-order valence-corrected chi connectivity index (χ1v) is 9.34. The van der Waals surface area contributed by atoms with Crippen LogP contribution in [0.1, 0.15) is 37.9 Å². The molecule has 1 saturated heterocycles. The van der Waals surface area contributed by atoms with Gasteiger partial charge in [0.1, 0.15) is 17.7 Å². The molecule has 27 heavy (non-hydrogen) atoms. The van der Waals surface area contributed by atoms with E-state index in [-0.39, 0.29) is 17.9 Å². The zero-order valence-corrected chi connectivity index (χ0v) is 15.2. The van der Waals surface area contributed by atoms with Crippen LogP contribution in [0.5, 0.6) is 0 Å². The van der Waals surface area contributed by atoms with Crippen molar-refractivity contribution in [3.8, 4) is 0 Å². The molecule has 0 aromatic carbocycles. The van der Waals surface area contributed by atoms with Gasteiger partial charge in [0, 0.05) is 6.04 Å².